The largest absolute Gasteiger partial charge is 0.463 e. The van der Waals surface area contributed by atoms with Gasteiger partial charge in [-0.05, 0) is 36.8 Å². The Morgan fingerprint density at radius 3 is 2.52 bits per heavy atom. The molecule has 0 saturated carbocycles. The summed E-state index contributed by atoms with van der Waals surface area (Å²) in [5, 5.41) is 9.36. The van der Waals surface area contributed by atoms with Gasteiger partial charge in [-0.1, -0.05) is 41.9 Å². The molecule has 0 unspecified atom stereocenters. The smallest absolute Gasteiger partial charge is 0.338 e. The van der Waals surface area contributed by atoms with E-state index in [4.69, 9.17) is 16.3 Å². The molecule has 2 aromatic rings. The van der Waals surface area contributed by atoms with E-state index >= 15 is 0 Å². The summed E-state index contributed by atoms with van der Waals surface area (Å²) in [7, 11) is 0. The van der Waals surface area contributed by atoms with E-state index in [9.17, 15) is 9.59 Å². The van der Waals surface area contributed by atoms with Crippen LogP contribution in [0.15, 0.2) is 65.9 Å². The first kappa shape index (κ1) is 18.8. The number of urea groups is 1. The molecule has 6 nitrogen and oxygen atoms in total. The molecule has 2 amide bonds. The Morgan fingerprint density at radius 1 is 1.15 bits per heavy atom. The third-order valence-corrected chi connectivity index (χ3v) is 4.35. The van der Waals surface area contributed by atoms with Crippen LogP contribution in [0, 0.1) is 0 Å². The predicted octanol–water partition coefficient (Wildman–Crippen LogP) is 3.62. The molecule has 140 valence electrons. The maximum atomic E-state index is 12.6. The molecule has 3 N–H and O–H groups in total. The van der Waals surface area contributed by atoms with E-state index in [0.29, 0.717) is 16.3 Å². The van der Waals surface area contributed by atoms with E-state index in [1.807, 2.05) is 42.5 Å². The Kier molecular flexibility index (Phi) is 5.98. The van der Waals surface area contributed by atoms with Crippen LogP contribution in [0.4, 0.5) is 10.5 Å². The van der Waals surface area contributed by atoms with E-state index in [0.717, 1.165) is 11.3 Å². The van der Waals surface area contributed by atoms with Gasteiger partial charge in [0, 0.05) is 10.7 Å². The van der Waals surface area contributed by atoms with Gasteiger partial charge in [-0.3, -0.25) is 0 Å². The predicted molar refractivity (Wildman–Crippen MR) is 104 cm³/mol. The summed E-state index contributed by atoms with van der Waals surface area (Å²) in [6, 6.07) is 15.5. The summed E-state index contributed by atoms with van der Waals surface area (Å²) in [6.45, 7) is 2.25. The second kappa shape index (κ2) is 8.60. The molecule has 1 aliphatic heterocycles. The van der Waals surface area contributed by atoms with Crippen molar-refractivity contribution < 1.29 is 14.3 Å². The Bertz CT molecular complexity index is 851. The van der Waals surface area contributed by atoms with Crippen molar-refractivity contribution in [2.45, 2.75) is 13.0 Å². The number of esters is 1. The second-order valence-electron chi connectivity index (χ2n) is 5.92. The molecular formula is C20H20ClN3O3. The molecule has 0 bridgehead atoms. The molecule has 27 heavy (non-hydrogen) atoms. The van der Waals surface area contributed by atoms with Crippen LogP contribution in [0.1, 0.15) is 18.5 Å². The van der Waals surface area contributed by atoms with Crippen LogP contribution in [-0.2, 0) is 9.53 Å². The number of amides is 2. The number of rotatable bonds is 6. The van der Waals surface area contributed by atoms with Crippen molar-refractivity contribution in [3.8, 4) is 0 Å². The highest BCUT2D eigenvalue weighted by atomic mass is 35.5. The van der Waals surface area contributed by atoms with Gasteiger partial charge in [0.05, 0.1) is 30.5 Å². The van der Waals surface area contributed by atoms with Crippen LogP contribution >= 0.6 is 11.6 Å². The van der Waals surface area contributed by atoms with Crippen molar-refractivity contribution in [2.75, 3.05) is 18.5 Å². The van der Waals surface area contributed by atoms with Crippen molar-refractivity contribution in [2.24, 2.45) is 0 Å². The molecule has 7 heteroatoms. The lowest BCUT2D eigenvalue weighted by Crippen LogP contribution is -2.47. The number of carbonyl (C=O) groups excluding carboxylic acids is 2. The highest BCUT2D eigenvalue weighted by Gasteiger charge is 2.33. The third kappa shape index (κ3) is 4.60. The number of anilines is 1. The van der Waals surface area contributed by atoms with Crippen LogP contribution < -0.4 is 16.0 Å². The van der Waals surface area contributed by atoms with Crippen LogP contribution in [0.3, 0.4) is 0 Å². The standard InChI is InChI=1S/C20H20ClN3O3/c1-2-27-19(25)17-16(12-22-15-10-8-14(21)9-11-15)23-20(26)24-18(17)13-6-4-3-5-7-13/h3-11,18,22H,2,12H2,1H3,(H2,23,24,26)/t18-/m1/s1. The molecule has 2 aromatic carbocycles. The summed E-state index contributed by atoms with van der Waals surface area (Å²) >= 11 is 5.90. The van der Waals surface area contributed by atoms with E-state index in [1.54, 1.807) is 19.1 Å². The molecular weight excluding hydrogens is 366 g/mol. The minimum Gasteiger partial charge on any atom is -0.463 e. The maximum absolute atomic E-state index is 12.6. The summed E-state index contributed by atoms with van der Waals surface area (Å²) < 4.78 is 5.23. The van der Waals surface area contributed by atoms with Crippen molar-refractivity contribution >= 4 is 29.3 Å². The van der Waals surface area contributed by atoms with Crippen molar-refractivity contribution in [1.29, 1.82) is 0 Å². The summed E-state index contributed by atoms with van der Waals surface area (Å²) in [5.41, 5.74) is 2.48. The van der Waals surface area contributed by atoms with Gasteiger partial charge >= 0.3 is 12.0 Å². The number of ether oxygens (including phenoxy) is 1. The SMILES string of the molecule is CCOC(=O)C1=C(CNc2ccc(Cl)cc2)NC(=O)N[C@@H]1c1ccccc1. The highest BCUT2D eigenvalue weighted by molar-refractivity contribution is 6.30. The van der Waals surface area contributed by atoms with Gasteiger partial charge in [-0.25, -0.2) is 9.59 Å². The zero-order valence-corrected chi connectivity index (χ0v) is 15.5. The molecule has 0 aromatic heterocycles. The number of halogens is 1. The normalized spacial score (nSPS) is 16.4. The van der Waals surface area contributed by atoms with Crippen LogP contribution in [0.25, 0.3) is 0 Å². The van der Waals surface area contributed by atoms with E-state index in [1.165, 1.54) is 0 Å². The molecule has 0 fully saturated rings. The first-order valence-electron chi connectivity index (χ1n) is 8.60. The zero-order valence-electron chi connectivity index (χ0n) is 14.8. The fourth-order valence-corrected chi connectivity index (χ4v) is 2.99. The molecule has 1 heterocycles. The van der Waals surface area contributed by atoms with Crippen molar-refractivity contribution in [1.82, 2.24) is 10.6 Å². The molecule has 1 aliphatic rings. The molecule has 3 rings (SSSR count). The fraction of sp³-hybridized carbons (Fsp3) is 0.200. The van der Waals surface area contributed by atoms with Gasteiger partial charge in [-0.2, -0.15) is 0 Å². The number of hydrogen-bond donors (Lipinski definition) is 3. The maximum Gasteiger partial charge on any atom is 0.338 e. The van der Waals surface area contributed by atoms with Crippen LogP contribution in [0.5, 0.6) is 0 Å². The Morgan fingerprint density at radius 2 is 1.85 bits per heavy atom. The number of benzene rings is 2. The van der Waals surface area contributed by atoms with Crippen molar-refractivity contribution in [3.63, 3.8) is 0 Å². The van der Waals surface area contributed by atoms with E-state index in [2.05, 4.69) is 16.0 Å². The molecule has 0 aliphatic carbocycles. The Hall–Kier alpha value is -2.99. The Balaban J connectivity index is 1.93. The lowest BCUT2D eigenvalue weighted by atomic mass is 9.95. The van der Waals surface area contributed by atoms with Gasteiger partial charge in [-0.15, -0.1) is 0 Å². The van der Waals surface area contributed by atoms with Crippen molar-refractivity contribution in [3.05, 3.63) is 76.5 Å². The minimum atomic E-state index is -0.582. The molecule has 1 atom stereocenters. The molecule has 0 radical (unpaired) electrons. The third-order valence-electron chi connectivity index (χ3n) is 4.10. The number of nitrogens with one attached hydrogen (secondary N) is 3. The second-order valence-corrected chi connectivity index (χ2v) is 6.35. The zero-order chi connectivity index (χ0) is 19.2. The first-order valence-corrected chi connectivity index (χ1v) is 8.98. The van der Waals surface area contributed by atoms with Gasteiger partial charge < -0.3 is 20.7 Å². The lowest BCUT2D eigenvalue weighted by Gasteiger charge is -2.29. The van der Waals surface area contributed by atoms with Gasteiger partial charge in [0.2, 0.25) is 0 Å². The molecule has 0 spiro atoms. The van der Waals surface area contributed by atoms with Crippen LogP contribution in [0.2, 0.25) is 5.02 Å². The topological polar surface area (TPSA) is 79.5 Å². The molecule has 0 saturated heterocycles. The Labute approximate surface area is 162 Å². The highest BCUT2D eigenvalue weighted by Crippen LogP contribution is 2.28. The average molecular weight is 386 g/mol. The van der Waals surface area contributed by atoms with Gasteiger partial charge in [0.15, 0.2) is 0 Å². The minimum absolute atomic E-state index is 0.246. The van der Waals surface area contributed by atoms with E-state index < -0.39 is 12.0 Å². The van der Waals surface area contributed by atoms with E-state index in [-0.39, 0.29) is 19.2 Å². The summed E-state index contributed by atoms with van der Waals surface area (Å²) in [4.78, 5) is 24.8. The first-order chi connectivity index (χ1) is 13.1. The number of carbonyl (C=O) groups is 2. The van der Waals surface area contributed by atoms with Gasteiger partial charge in [0.25, 0.3) is 0 Å². The van der Waals surface area contributed by atoms with Crippen LogP contribution in [-0.4, -0.2) is 25.2 Å². The fourth-order valence-electron chi connectivity index (χ4n) is 2.86. The monoisotopic (exact) mass is 385 g/mol. The quantitative estimate of drug-likeness (QED) is 0.663. The number of hydrogen-bond acceptors (Lipinski definition) is 4. The van der Waals surface area contributed by atoms with Gasteiger partial charge in [0.1, 0.15) is 0 Å². The summed E-state index contributed by atoms with van der Waals surface area (Å²) in [6.07, 6.45) is 0. The lowest BCUT2D eigenvalue weighted by molar-refractivity contribution is -0.139. The summed E-state index contributed by atoms with van der Waals surface area (Å²) in [5.74, 6) is -0.466. The average Bonchev–Trinajstić information content (AvgIpc) is 2.68.